The molecule has 1 atom stereocenters. The van der Waals surface area contributed by atoms with Crippen LogP contribution in [0.3, 0.4) is 0 Å². The third-order valence-corrected chi connectivity index (χ3v) is 5.19. The van der Waals surface area contributed by atoms with Crippen molar-refractivity contribution in [2.45, 2.75) is 38.6 Å². The average molecular weight is 333 g/mol. The molecule has 0 spiro atoms. The minimum atomic E-state index is -0.149. The fourth-order valence-electron chi connectivity index (χ4n) is 3.36. The molecule has 4 heteroatoms. The zero-order chi connectivity index (χ0) is 15.6. The Bertz CT molecular complexity index is 676. The molecule has 0 heterocycles. The summed E-state index contributed by atoms with van der Waals surface area (Å²) in [5.41, 5.74) is 6.86. The molecule has 1 unspecified atom stereocenters. The molecule has 3 N–H and O–H groups in total. The van der Waals surface area contributed by atoms with Crippen molar-refractivity contribution in [1.82, 2.24) is 5.32 Å². The lowest BCUT2D eigenvalue weighted by Gasteiger charge is -2.40. The highest BCUT2D eigenvalue weighted by Crippen LogP contribution is 2.44. The summed E-state index contributed by atoms with van der Waals surface area (Å²) in [7, 11) is 0. The van der Waals surface area contributed by atoms with Gasteiger partial charge in [-0.2, -0.15) is 0 Å². The summed E-state index contributed by atoms with van der Waals surface area (Å²) >= 11 is 0. The van der Waals surface area contributed by atoms with Crippen LogP contribution in [0.1, 0.15) is 44.2 Å². The quantitative estimate of drug-likeness (QED) is 0.870. The molecule has 23 heavy (non-hydrogen) atoms. The van der Waals surface area contributed by atoms with Crippen molar-refractivity contribution in [2.24, 2.45) is 11.1 Å². The van der Waals surface area contributed by atoms with E-state index in [1.807, 2.05) is 12.1 Å². The number of benzene rings is 2. The molecule has 1 aliphatic carbocycles. The lowest BCUT2D eigenvalue weighted by Crippen LogP contribution is -2.47. The molecule has 1 saturated carbocycles. The zero-order valence-electron chi connectivity index (χ0n) is 13.5. The Balaban J connectivity index is 0.00000192. The number of halogens is 1. The maximum Gasteiger partial charge on any atom is 0.226 e. The number of nitrogens with one attached hydrogen (secondary N) is 1. The van der Waals surface area contributed by atoms with Crippen LogP contribution in [0.2, 0.25) is 0 Å². The number of hydrogen-bond donors (Lipinski definition) is 2. The number of hydrogen-bond acceptors (Lipinski definition) is 2. The van der Waals surface area contributed by atoms with Gasteiger partial charge >= 0.3 is 0 Å². The van der Waals surface area contributed by atoms with Crippen molar-refractivity contribution in [3.63, 3.8) is 0 Å². The fraction of sp³-hybridized carbons (Fsp3) is 0.421. The Kier molecular flexibility index (Phi) is 5.66. The lowest BCUT2D eigenvalue weighted by atomic mass is 9.66. The molecule has 0 bridgehead atoms. The predicted molar refractivity (Wildman–Crippen MR) is 97.7 cm³/mol. The largest absolute Gasteiger partial charge is 0.348 e. The minimum absolute atomic E-state index is 0. The van der Waals surface area contributed by atoms with Gasteiger partial charge in [-0.1, -0.05) is 49.7 Å². The maximum atomic E-state index is 12.6. The molecule has 3 nitrogen and oxygen atoms in total. The van der Waals surface area contributed by atoms with Crippen molar-refractivity contribution < 1.29 is 4.79 Å². The summed E-state index contributed by atoms with van der Waals surface area (Å²) in [5, 5.41) is 5.57. The van der Waals surface area contributed by atoms with Gasteiger partial charge in [0.25, 0.3) is 0 Å². The van der Waals surface area contributed by atoms with E-state index in [4.69, 9.17) is 5.73 Å². The Morgan fingerprint density at radius 2 is 1.91 bits per heavy atom. The zero-order valence-corrected chi connectivity index (χ0v) is 14.4. The van der Waals surface area contributed by atoms with Crippen LogP contribution in [0.5, 0.6) is 0 Å². The lowest BCUT2D eigenvalue weighted by molar-refractivity contribution is -0.137. The van der Waals surface area contributed by atoms with Gasteiger partial charge in [0.1, 0.15) is 0 Å². The van der Waals surface area contributed by atoms with E-state index in [2.05, 4.69) is 42.6 Å². The molecule has 0 radical (unpaired) electrons. The van der Waals surface area contributed by atoms with Gasteiger partial charge in [-0.3, -0.25) is 4.79 Å². The van der Waals surface area contributed by atoms with Gasteiger partial charge in [0, 0.05) is 12.0 Å². The molecule has 2 aromatic rings. The summed E-state index contributed by atoms with van der Waals surface area (Å²) in [6.07, 6.45) is 4.08. The number of carbonyl (C=O) groups is 1. The highest BCUT2D eigenvalue weighted by Gasteiger charge is 2.42. The maximum absolute atomic E-state index is 12.6. The van der Waals surface area contributed by atoms with Crippen LogP contribution in [0.4, 0.5) is 0 Å². The second-order valence-corrected chi connectivity index (χ2v) is 6.36. The molecule has 3 rings (SSSR count). The van der Waals surface area contributed by atoms with Crippen LogP contribution in [0.15, 0.2) is 42.5 Å². The van der Waals surface area contributed by atoms with Crippen molar-refractivity contribution >= 4 is 29.1 Å². The second-order valence-electron chi connectivity index (χ2n) is 6.36. The first-order valence-corrected chi connectivity index (χ1v) is 8.18. The van der Waals surface area contributed by atoms with Crippen molar-refractivity contribution in [3.05, 3.63) is 48.0 Å². The van der Waals surface area contributed by atoms with Crippen LogP contribution in [0.25, 0.3) is 10.8 Å². The molecule has 1 aliphatic rings. The third-order valence-electron chi connectivity index (χ3n) is 5.19. The van der Waals surface area contributed by atoms with E-state index in [9.17, 15) is 4.79 Å². The summed E-state index contributed by atoms with van der Waals surface area (Å²) in [6.45, 7) is 2.52. The Hall–Kier alpha value is -1.58. The Labute approximate surface area is 144 Å². The number of nitrogens with two attached hydrogens (primary N) is 1. The van der Waals surface area contributed by atoms with E-state index in [-0.39, 0.29) is 29.8 Å². The average Bonchev–Trinajstić information content (AvgIpc) is 2.51. The van der Waals surface area contributed by atoms with Gasteiger partial charge in [0.15, 0.2) is 0 Å². The van der Waals surface area contributed by atoms with Crippen LogP contribution in [-0.4, -0.2) is 12.5 Å². The first-order chi connectivity index (χ1) is 10.7. The van der Waals surface area contributed by atoms with Crippen LogP contribution < -0.4 is 11.1 Å². The topological polar surface area (TPSA) is 55.1 Å². The van der Waals surface area contributed by atoms with Crippen LogP contribution >= 0.6 is 12.4 Å². The van der Waals surface area contributed by atoms with Crippen LogP contribution in [-0.2, 0) is 4.79 Å². The predicted octanol–water partition coefficient (Wildman–Crippen LogP) is 3.96. The highest BCUT2D eigenvalue weighted by atomic mass is 35.5. The molecule has 0 saturated heterocycles. The molecule has 1 fully saturated rings. The number of carbonyl (C=O) groups excluding carboxylic acids is 1. The molecular formula is C19H25ClN2O. The van der Waals surface area contributed by atoms with E-state index >= 15 is 0 Å². The standard InChI is InChI=1S/C19H24N2O.ClH/c1-2-19(10-5-11-19)18(22)21-17(13-20)16-9-8-14-6-3-4-7-15(14)12-16;/h3-4,6-9,12,17H,2,5,10-11,13,20H2,1H3,(H,21,22);1H. The molecular weight excluding hydrogens is 308 g/mol. The van der Waals surface area contributed by atoms with Gasteiger partial charge < -0.3 is 11.1 Å². The third kappa shape index (κ3) is 3.36. The van der Waals surface area contributed by atoms with E-state index in [1.165, 1.54) is 10.8 Å². The SMILES string of the molecule is CCC1(C(=O)NC(CN)c2ccc3ccccc3c2)CCC1.Cl. The minimum Gasteiger partial charge on any atom is -0.348 e. The molecule has 2 aromatic carbocycles. The first kappa shape index (κ1) is 17.8. The van der Waals surface area contributed by atoms with Gasteiger partial charge in [0.05, 0.1) is 6.04 Å². The van der Waals surface area contributed by atoms with Gasteiger partial charge in [-0.15, -0.1) is 12.4 Å². The summed E-state index contributed by atoms with van der Waals surface area (Å²) in [4.78, 5) is 12.6. The first-order valence-electron chi connectivity index (χ1n) is 8.18. The summed E-state index contributed by atoms with van der Waals surface area (Å²) < 4.78 is 0. The van der Waals surface area contributed by atoms with E-state index in [0.29, 0.717) is 6.54 Å². The number of rotatable bonds is 5. The van der Waals surface area contributed by atoms with Gasteiger partial charge in [-0.25, -0.2) is 0 Å². The van der Waals surface area contributed by atoms with E-state index in [1.54, 1.807) is 0 Å². The monoisotopic (exact) mass is 332 g/mol. The summed E-state index contributed by atoms with van der Waals surface area (Å²) in [5.74, 6) is 0.171. The van der Waals surface area contributed by atoms with E-state index in [0.717, 1.165) is 31.2 Å². The molecule has 124 valence electrons. The van der Waals surface area contributed by atoms with Crippen molar-refractivity contribution in [1.29, 1.82) is 0 Å². The Morgan fingerprint density at radius 1 is 1.22 bits per heavy atom. The summed E-state index contributed by atoms with van der Waals surface area (Å²) in [6, 6.07) is 14.4. The normalized spacial score (nSPS) is 17.0. The van der Waals surface area contributed by atoms with Crippen molar-refractivity contribution in [3.8, 4) is 0 Å². The van der Waals surface area contributed by atoms with E-state index < -0.39 is 0 Å². The Morgan fingerprint density at radius 3 is 2.48 bits per heavy atom. The molecule has 0 aliphatic heterocycles. The molecule has 0 aromatic heterocycles. The van der Waals surface area contributed by atoms with Crippen molar-refractivity contribution in [2.75, 3.05) is 6.54 Å². The highest BCUT2D eigenvalue weighted by molar-refractivity contribution is 5.86. The molecule has 1 amide bonds. The number of fused-ring (bicyclic) bond motifs is 1. The van der Waals surface area contributed by atoms with Gasteiger partial charge in [0.2, 0.25) is 5.91 Å². The van der Waals surface area contributed by atoms with Crippen LogP contribution in [0, 0.1) is 5.41 Å². The second kappa shape index (κ2) is 7.33. The van der Waals surface area contributed by atoms with Gasteiger partial charge in [-0.05, 0) is 41.7 Å². The number of amides is 1. The smallest absolute Gasteiger partial charge is 0.226 e. The fourth-order valence-corrected chi connectivity index (χ4v) is 3.36.